The number of amides is 3. The standard InChI is InChI=1S/C7H14N4O3S/c1-15(9,14)3-2-11-4-5(6(8)12)10-7(11)13/h5,9H,2-4H2,1H3,(H2,8,12)(H,10,13). The van der Waals surface area contributed by atoms with Crippen LogP contribution in [0.5, 0.6) is 0 Å². The van der Waals surface area contributed by atoms with Gasteiger partial charge in [-0.3, -0.25) is 13.8 Å². The fourth-order valence-corrected chi connectivity index (χ4v) is 1.80. The quantitative estimate of drug-likeness (QED) is 0.552. The Labute approximate surface area is 88.0 Å². The fourth-order valence-electron chi connectivity index (χ4n) is 1.23. The van der Waals surface area contributed by atoms with E-state index in [-0.39, 0.29) is 18.8 Å². The smallest absolute Gasteiger partial charge is 0.318 e. The molecule has 0 spiro atoms. The Balaban J connectivity index is 2.52. The number of nitrogens with zero attached hydrogens (tertiary/aromatic N) is 1. The second-order valence-electron chi connectivity index (χ2n) is 3.56. The van der Waals surface area contributed by atoms with Gasteiger partial charge in [0.05, 0.1) is 6.54 Å². The van der Waals surface area contributed by atoms with Crippen LogP contribution in [0, 0.1) is 4.78 Å². The van der Waals surface area contributed by atoms with E-state index in [0.717, 1.165) is 0 Å². The van der Waals surface area contributed by atoms with Crippen LogP contribution in [0.1, 0.15) is 0 Å². The van der Waals surface area contributed by atoms with Gasteiger partial charge in [0, 0.05) is 28.3 Å². The number of primary amides is 1. The summed E-state index contributed by atoms with van der Waals surface area (Å²) in [5, 5.41) is 2.40. The van der Waals surface area contributed by atoms with Crippen molar-refractivity contribution in [2.75, 3.05) is 25.1 Å². The van der Waals surface area contributed by atoms with Gasteiger partial charge in [-0.05, 0) is 0 Å². The highest BCUT2D eigenvalue weighted by Crippen LogP contribution is 2.03. The highest BCUT2D eigenvalue weighted by atomic mass is 32.2. The van der Waals surface area contributed by atoms with Gasteiger partial charge in [-0.25, -0.2) is 4.79 Å². The van der Waals surface area contributed by atoms with Gasteiger partial charge < -0.3 is 16.0 Å². The summed E-state index contributed by atoms with van der Waals surface area (Å²) in [4.78, 5) is 23.4. The van der Waals surface area contributed by atoms with Crippen molar-refractivity contribution >= 4 is 21.7 Å². The Morgan fingerprint density at radius 1 is 1.80 bits per heavy atom. The van der Waals surface area contributed by atoms with Crippen molar-refractivity contribution in [3.8, 4) is 0 Å². The minimum absolute atomic E-state index is 0.103. The van der Waals surface area contributed by atoms with E-state index in [1.165, 1.54) is 11.2 Å². The molecule has 7 nitrogen and oxygen atoms in total. The number of nitrogens with one attached hydrogen (secondary N) is 2. The summed E-state index contributed by atoms with van der Waals surface area (Å²) in [6.07, 6.45) is 1.31. The first-order valence-electron chi connectivity index (χ1n) is 4.36. The van der Waals surface area contributed by atoms with Crippen LogP contribution in [0.3, 0.4) is 0 Å². The van der Waals surface area contributed by atoms with Gasteiger partial charge in [0.15, 0.2) is 0 Å². The van der Waals surface area contributed by atoms with Crippen LogP contribution in [-0.2, 0) is 14.5 Å². The minimum atomic E-state index is -2.61. The molecule has 1 saturated heterocycles. The molecule has 0 aromatic rings. The molecule has 1 aliphatic rings. The van der Waals surface area contributed by atoms with E-state index in [9.17, 15) is 13.8 Å². The zero-order valence-corrected chi connectivity index (χ0v) is 9.17. The second kappa shape index (κ2) is 4.05. The Morgan fingerprint density at radius 3 is 2.80 bits per heavy atom. The van der Waals surface area contributed by atoms with Gasteiger partial charge in [0.1, 0.15) is 6.04 Å². The predicted molar refractivity (Wildman–Crippen MR) is 54.7 cm³/mol. The molecule has 0 aromatic carbocycles. The monoisotopic (exact) mass is 234 g/mol. The largest absolute Gasteiger partial charge is 0.368 e. The number of rotatable bonds is 4. The number of nitrogens with two attached hydrogens (primary N) is 1. The van der Waals surface area contributed by atoms with E-state index in [0.29, 0.717) is 0 Å². The summed E-state index contributed by atoms with van der Waals surface area (Å²) >= 11 is 0. The lowest BCUT2D eigenvalue weighted by atomic mass is 10.3. The molecule has 1 heterocycles. The van der Waals surface area contributed by atoms with E-state index < -0.39 is 27.7 Å². The second-order valence-corrected chi connectivity index (χ2v) is 5.98. The molecule has 0 bridgehead atoms. The van der Waals surface area contributed by atoms with Crippen LogP contribution in [0.25, 0.3) is 0 Å². The van der Waals surface area contributed by atoms with Crippen LogP contribution in [0.15, 0.2) is 0 Å². The van der Waals surface area contributed by atoms with Crippen LogP contribution in [0.4, 0.5) is 4.79 Å². The zero-order chi connectivity index (χ0) is 11.6. The van der Waals surface area contributed by atoms with Crippen molar-refractivity contribution in [2.45, 2.75) is 6.04 Å². The Morgan fingerprint density at radius 2 is 2.40 bits per heavy atom. The summed E-state index contributed by atoms with van der Waals surface area (Å²) in [6.45, 7) is 0.387. The van der Waals surface area contributed by atoms with Crippen molar-refractivity contribution in [3.05, 3.63) is 0 Å². The Kier molecular flexibility index (Phi) is 3.18. The van der Waals surface area contributed by atoms with Gasteiger partial charge >= 0.3 is 6.03 Å². The number of carbonyl (C=O) groups excluding carboxylic acids is 2. The van der Waals surface area contributed by atoms with Crippen LogP contribution in [0.2, 0.25) is 0 Å². The normalized spacial score (nSPS) is 24.7. The van der Waals surface area contributed by atoms with Crippen molar-refractivity contribution in [1.29, 1.82) is 4.78 Å². The molecule has 0 aromatic heterocycles. The molecule has 2 unspecified atom stereocenters. The average molecular weight is 234 g/mol. The molecule has 1 fully saturated rings. The molecular weight excluding hydrogens is 220 g/mol. The maximum absolute atomic E-state index is 11.3. The summed E-state index contributed by atoms with van der Waals surface area (Å²) in [5.41, 5.74) is 5.03. The number of hydrogen-bond donors (Lipinski definition) is 3. The third-order valence-electron chi connectivity index (χ3n) is 2.08. The Hall–Kier alpha value is -1.31. The average Bonchev–Trinajstić information content (AvgIpc) is 2.42. The van der Waals surface area contributed by atoms with Crippen LogP contribution >= 0.6 is 0 Å². The maximum atomic E-state index is 11.3. The summed E-state index contributed by atoms with van der Waals surface area (Å²) in [6, 6.07) is -1.08. The zero-order valence-electron chi connectivity index (χ0n) is 8.36. The van der Waals surface area contributed by atoms with Gasteiger partial charge in [0.25, 0.3) is 0 Å². The van der Waals surface area contributed by atoms with E-state index >= 15 is 0 Å². The first-order chi connectivity index (χ1) is 6.79. The molecule has 8 heteroatoms. The van der Waals surface area contributed by atoms with E-state index in [4.69, 9.17) is 10.5 Å². The van der Waals surface area contributed by atoms with Crippen LogP contribution in [-0.4, -0.2) is 52.2 Å². The van der Waals surface area contributed by atoms with Crippen LogP contribution < -0.4 is 11.1 Å². The summed E-state index contributed by atoms with van der Waals surface area (Å²) in [7, 11) is -2.61. The first-order valence-corrected chi connectivity index (χ1v) is 6.49. The molecule has 1 rings (SSSR count). The molecule has 15 heavy (non-hydrogen) atoms. The molecule has 3 amide bonds. The lowest BCUT2D eigenvalue weighted by Gasteiger charge is -2.13. The van der Waals surface area contributed by atoms with Crippen molar-refractivity contribution in [1.82, 2.24) is 10.2 Å². The van der Waals surface area contributed by atoms with Gasteiger partial charge in [-0.1, -0.05) is 0 Å². The van der Waals surface area contributed by atoms with Gasteiger partial charge in [-0.15, -0.1) is 0 Å². The van der Waals surface area contributed by atoms with Crippen molar-refractivity contribution in [2.24, 2.45) is 5.73 Å². The molecule has 0 saturated carbocycles. The SMILES string of the molecule is CS(=N)(=O)CCN1CC(C(N)=O)NC1=O. The van der Waals surface area contributed by atoms with E-state index in [2.05, 4.69) is 5.32 Å². The van der Waals surface area contributed by atoms with Gasteiger partial charge in [-0.2, -0.15) is 0 Å². The lowest BCUT2D eigenvalue weighted by Crippen LogP contribution is -2.39. The molecule has 0 aliphatic carbocycles. The first kappa shape index (κ1) is 11.8. The molecular formula is C7H14N4O3S. The maximum Gasteiger partial charge on any atom is 0.318 e. The molecule has 86 valence electrons. The van der Waals surface area contributed by atoms with Crippen molar-refractivity contribution < 1.29 is 13.8 Å². The third kappa shape index (κ3) is 3.39. The number of urea groups is 1. The van der Waals surface area contributed by atoms with E-state index in [1.54, 1.807) is 0 Å². The summed E-state index contributed by atoms with van der Waals surface area (Å²) in [5.74, 6) is -0.486. The van der Waals surface area contributed by atoms with Crippen molar-refractivity contribution in [3.63, 3.8) is 0 Å². The Bertz CT molecular complexity index is 378. The van der Waals surface area contributed by atoms with E-state index in [1.807, 2.05) is 0 Å². The third-order valence-corrected chi connectivity index (χ3v) is 3.04. The fraction of sp³-hybridized carbons (Fsp3) is 0.714. The number of hydrogen-bond acceptors (Lipinski definition) is 4. The highest BCUT2D eigenvalue weighted by molar-refractivity contribution is 7.91. The molecule has 2 atom stereocenters. The lowest BCUT2D eigenvalue weighted by molar-refractivity contribution is -0.119. The van der Waals surface area contributed by atoms with Gasteiger partial charge in [0.2, 0.25) is 5.91 Å². The molecule has 4 N–H and O–H groups in total. The minimum Gasteiger partial charge on any atom is -0.368 e. The molecule has 0 radical (unpaired) electrons. The predicted octanol–water partition coefficient (Wildman–Crippen LogP) is -1.46. The molecule has 1 aliphatic heterocycles. The summed E-state index contributed by atoms with van der Waals surface area (Å²) < 4.78 is 18.3. The topological polar surface area (TPSA) is 116 Å². The number of carbonyl (C=O) groups is 2. The highest BCUT2D eigenvalue weighted by Gasteiger charge is 2.31.